The molecule has 0 saturated carbocycles. The van der Waals surface area contributed by atoms with Crippen LogP contribution in [0.4, 0.5) is 4.39 Å². The fourth-order valence-corrected chi connectivity index (χ4v) is 3.23. The van der Waals surface area contributed by atoms with Gasteiger partial charge in [-0.2, -0.15) is 4.98 Å². The number of hydrogen-bond acceptors (Lipinski definition) is 5. The molecule has 1 saturated heterocycles. The molecule has 4 rings (SSSR count). The number of halogens is 1. The van der Waals surface area contributed by atoms with Crippen molar-refractivity contribution in [2.45, 2.75) is 25.7 Å². The lowest BCUT2D eigenvalue weighted by atomic mass is 9.96. The van der Waals surface area contributed by atoms with Gasteiger partial charge >= 0.3 is 0 Å². The molecule has 134 valence electrons. The van der Waals surface area contributed by atoms with Gasteiger partial charge < -0.3 is 14.4 Å². The Morgan fingerprint density at radius 1 is 1.46 bits per heavy atom. The zero-order valence-electron chi connectivity index (χ0n) is 14.3. The third kappa shape index (κ3) is 3.10. The van der Waals surface area contributed by atoms with Crippen LogP contribution in [0.15, 0.2) is 35.2 Å². The van der Waals surface area contributed by atoms with Crippen LogP contribution < -0.4 is 0 Å². The first-order chi connectivity index (χ1) is 12.6. The van der Waals surface area contributed by atoms with Crippen molar-refractivity contribution in [2.75, 3.05) is 13.1 Å². The predicted molar refractivity (Wildman–Crippen MR) is 90.9 cm³/mol. The summed E-state index contributed by atoms with van der Waals surface area (Å²) in [6.45, 7) is 2.99. The molecule has 3 aromatic heterocycles. The molecule has 1 fully saturated rings. The highest BCUT2D eigenvalue weighted by atomic mass is 19.1. The van der Waals surface area contributed by atoms with Gasteiger partial charge in [0.2, 0.25) is 0 Å². The van der Waals surface area contributed by atoms with Gasteiger partial charge in [0.1, 0.15) is 5.69 Å². The number of nitrogens with one attached hydrogen (secondary N) is 1. The Balaban J connectivity index is 1.51. The third-order valence-corrected chi connectivity index (χ3v) is 4.58. The largest absolute Gasteiger partial charge is 0.357 e. The Morgan fingerprint density at radius 3 is 3.12 bits per heavy atom. The Bertz CT molecular complexity index is 935. The number of aromatic nitrogens is 4. The average molecular weight is 355 g/mol. The molecule has 7 nitrogen and oxygen atoms in total. The quantitative estimate of drug-likeness (QED) is 0.780. The molecule has 1 aliphatic rings. The summed E-state index contributed by atoms with van der Waals surface area (Å²) >= 11 is 0. The van der Waals surface area contributed by atoms with Crippen molar-refractivity contribution in [3.05, 3.63) is 53.5 Å². The molecule has 0 radical (unpaired) electrons. The number of piperidine rings is 1. The molecule has 0 bridgehead atoms. The maximum absolute atomic E-state index is 13.9. The van der Waals surface area contributed by atoms with Crippen LogP contribution in [0.1, 0.15) is 40.5 Å². The van der Waals surface area contributed by atoms with Gasteiger partial charge in [0.25, 0.3) is 11.8 Å². The monoisotopic (exact) mass is 355 g/mol. The highest BCUT2D eigenvalue weighted by Crippen LogP contribution is 2.28. The van der Waals surface area contributed by atoms with Crippen molar-refractivity contribution in [2.24, 2.45) is 0 Å². The van der Waals surface area contributed by atoms with E-state index in [1.54, 1.807) is 4.90 Å². The number of carbonyl (C=O) groups is 1. The van der Waals surface area contributed by atoms with Gasteiger partial charge in [-0.1, -0.05) is 5.16 Å². The minimum absolute atomic E-state index is 0.0360. The molecular formula is C18H18FN5O2. The van der Waals surface area contributed by atoms with Crippen LogP contribution in [0.5, 0.6) is 0 Å². The van der Waals surface area contributed by atoms with E-state index in [2.05, 4.69) is 20.1 Å². The van der Waals surface area contributed by atoms with Crippen LogP contribution in [0, 0.1) is 12.7 Å². The Hall–Kier alpha value is -3.03. The number of likely N-dealkylation sites (tertiary alicyclic amines) is 1. The summed E-state index contributed by atoms with van der Waals surface area (Å²) < 4.78 is 19.2. The first-order valence-electron chi connectivity index (χ1n) is 8.49. The Labute approximate surface area is 149 Å². The summed E-state index contributed by atoms with van der Waals surface area (Å²) in [5.74, 6) is 0.0183. The SMILES string of the molecule is Cc1c[nH]c(-c2nc([C@H]3CCCN(C(=O)c4ccncc4F)C3)no2)c1. The van der Waals surface area contributed by atoms with Crippen LogP contribution >= 0.6 is 0 Å². The minimum atomic E-state index is -0.608. The lowest BCUT2D eigenvalue weighted by Crippen LogP contribution is -2.39. The lowest BCUT2D eigenvalue weighted by Gasteiger charge is -2.31. The second kappa shape index (κ2) is 6.70. The van der Waals surface area contributed by atoms with Gasteiger partial charge in [0.05, 0.1) is 11.8 Å². The molecule has 8 heteroatoms. The molecule has 0 spiro atoms. The number of nitrogens with zero attached hydrogens (tertiary/aromatic N) is 4. The van der Waals surface area contributed by atoms with Crippen molar-refractivity contribution < 1.29 is 13.7 Å². The van der Waals surface area contributed by atoms with Crippen LogP contribution in [0.25, 0.3) is 11.6 Å². The highest BCUT2D eigenvalue weighted by molar-refractivity contribution is 5.94. The number of rotatable bonds is 3. The second-order valence-electron chi connectivity index (χ2n) is 6.49. The molecule has 0 aliphatic carbocycles. The average Bonchev–Trinajstić information content (AvgIpc) is 3.31. The molecular weight excluding hydrogens is 337 g/mol. The van der Waals surface area contributed by atoms with E-state index in [9.17, 15) is 9.18 Å². The lowest BCUT2D eigenvalue weighted by molar-refractivity contribution is 0.0698. The van der Waals surface area contributed by atoms with Gasteiger partial charge in [-0.05, 0) is 37.5 Å². The minimum Gasteiger partial charge on any atom is -0.357 e. The van der Waals surface area contributed by atoms with E-state index in [1.165, 1.54) is 12.3 Å². The van der Waals surface area contributed by atoms with Crippen molar-refractivity contribution in [3.63, 3.8) is 0 Å². The first kappa shape index (κ1) is 16.4. The zero-order chi connectivity index (χ0) is 18.1. The van der Waals surface area contributed by atoms with Gasteiger partial charge in [0, 0.05) is 31.4 Å². The van der Waals surface area contributed by atoms with Crippen molar-refractivity contribution in [1.82, 2.24) is 25.0 Å². The van der Waals surface area contributed by atoms with E-state index in [0.29, 0.717) is 24.8 Å². The van der Waals surface area contributed by atoms with Gasteiger partial charge in [-0.3, -0.25) is 9.78 Å². The van der Waals surface area contributed by atoms with Crippen LogP contribution in [0.3, 0.4) is 0 Å². The van der Waals surface area contributed by atoms with Gasteiger partial charge in [0.15, 0.2) is 11.6 Å². The topological polar surface area (TPSA) is 87.9 Å². The molecule has 0 aromatic carbocycles. The zero-order valence-corrected chi connectivity index (χ0v) is 14.3. The van der Waals surface area contributed by atoms with Crippen molar-refractivity contribution >= 4 is 5.91 Å². The summed E-state index contributed by atoms with van der Waals surface area (Å²) in [4.78, 5) is 25.5. The molecule has 1 N–H and O–H groups in total. The maximum Gasteiger partial charge on any atom is 0.274 e. The van der Waals surface area contributed by atoms with Crippen LogP contribution in [0.2, 0.25) is 0 Å². The first-order valence-corrected chi connectivity index (χ1v) is 8.49. The molecule has 4 heterocycles. The summed E-state index contributed by atoms with van der Waals surface area (Å²) in [5.41, 5.74) is 1.88. The summed E-state index contributed by atoms with van der Waals surface area (Å²) in [6, 6.07) is 3.33. The standard InChI is InChI=1S/C18H18FN5O2/c1-11-7-15(21-8-11)17-22-16(23-26-17)12-3-2-6-24(10-12)18(25)13-4-5-20-9-14(13)19/h4-5,7-9,12,21H,2-3,6,10H2,1H3/t12-/m0/s1. The number of H-pyrrole nitrogens is 1. The smallest absolute Gasteiger partial charge is 0.274 e. The van der Waals surface area contributed by atoms with Crippen LogP contribution in [-0.4, -0.2) is 44.0 Å². The van der Waals surface area contributed by atoms with Gasteiger partial charge in [-0.25, -0.2) is 4.39 Å². The molecule has 0 unspecified atom stereocenters. The molecule has 1 amide bonds. The summed E-state index contributed by atoms with van der Waals surface area (Å²) in [6.07, 6.45) is 5.99. The van der Waals surface area contributed by atoms with Crippen LogP contribution in [-0.2, 0) is 0 Å². The summed E-state index contributed by atoms with van der Waals surface area (Å²) in [7, 11) is 0. The number of amides is 1. The second-order valence-corrected chi connectivity index (χ2v) is 6.49. The molecule has 26 heavy (non-hydrogen) atoms. The van der Waals surface area contributed by atoms with E-state index in [-0.39, 0.29) is 17.4 Å². The maximum atomic E-state index is 13.9. The fourth-order valence-electron chi connectivity index (χ4n) is 3.23. The van der Waals surface area contributed by atoms with E-state index in [1.807, 2.05) is 19.2 Å². The summed E-state index contributed by atoms with van der Waals surface area (Å²) in [5, 5.41) is 4.08. The predicted octanol–water partition coefficient (Wildman–Crippen LogP) is 2.93. The molecule has 1 atom stereocenters. The fraction of sp³-hybridized carbons (Fsp3) is 0.333. The number of aryl methyl sites for hydroxylation is 1. The van der Waals surface area contributed by atoms with E-state index < -0.39 is 5.82 Å². The molecule has 3 aromatic rings. The number of carbonyl (C=O) groups excluding carboxylic acids is 1. The van der Waals surface area contributed by atoms with Crippen molar-refractivity contribution in [3.8, 4) is 11.6 Å². The Kier molecular flexibility index (Phi) is 4.24. The van der Waals surface area contributed by atoms with E-state index in [4.69, 9.17) is 4.52 Å². The van der Waals surface area contributed by atoms with E-state index in [0.717, 1.165) is 30.3 Å². The van der Waals surface area contributed by atoms with Gasteiger partial charge in [-0.15, -0.1) is 0 Å². The van der Waals surface area contributed by atoms with E-state index >= 15 is 0 Å². The Morgan fingerprint density at radius 2 is 2.35 bits per heavy atom. The number of aromatic amines is 1. The third-order valence-electron chi connectivity index (χ3n) is 4.58. The highest BCUT2D eigenvalue weighted by Gasteiger charge is 2.29. The number of hydrogen-bond donors (Lipinski definition) is 1. The normalized spacial score (nSPS) is 17.5. The number of pyridine rings is 1. The molecule has 1 aliphatic heterocycles. The van der Waals surface area contributed by atoms with Crippen molar-refractivity contribution in [1.29, 1.82) is 0 Å².